The molecule has 0 atom stereocenters. The first-order valence-electron chi connectivity index (χ1n) is 42.6. The van der Waals surface area contributed by atoms with Crippen LogP contribution in [0.2, 0.25) is 0 Å². The Morgan fingerprint density at radius 3 is 0.773 bits per heavy atom. The zero-order valence-electron chi connectivity index (χ0n) is 65.3. The van der Waals surface area contributed by atoms with Crippen LogP contribution in [0.25, 0.3) is 16.9 Å². The van der Waals surface area contributed by atoms with Gasteiger partial charge in [0.25, 0.3) is 0 Å². The Kier molecular flexibility index (Phi) is 74.2. The van der Waals surface area contributed by atoms with Gasteiger partial charge < -0.3 is 19.4 Å². The minimum absolute atomic E-state index is 0. The van der Waals surface area contributed by atoms with Crippen LogP contribution < -0.4 is 0 Å². The van der Waals surface area contributed by atoms with Gasteiger partial charge in [0.1, 0.15) is 5.57 Å². The van der Waals surface area contributed by atoms with Crippen LogP contribution in [-0.4, -0.2) is 4.70 Å². The van der Waals surface area contributed by atoms with Crippen LogP contribution in [0, 0.1) is 49.4 Å². The summed E-state index contributed by atoms with van der Waals surface area (Å²) in [5.41, 5.74) is 19.4. The van der Waals surface area contributed by atoms with E-state index in [9.17, 15) is 5.53 Å². The Morgan fingerprint density at radius 1 is 0.278 bits per heavy atom. The van der Waals surface area contributed by atoms with Gasteiger partial charge in [0.05, 0.1) is 5.56 Å². The van der Waals surface area contributed by atoms with Crippen LogP contribution in [0.3, 0.4) is 0 Å². The monoisotopic (exact) mass is 1370 g/mol. The first-order chi connectivity index (χ1) is 47.7. The van der Waals surface area contributed by atoms with E-state index in [0.717, 1.165) is 79.5 Å². The van der Waals surface area contributed by atoms with Crippen LogP contribution in [0.15, 0.2) is 60.2 Å². The molecule has 554 valence electrons. The summed E-state index contributed by atoms with van der Waals surface area (Å²) in [4.78, 5) is 0. The zero-order valence-corrected chi connectivity index (χ0v) is 66.3. The summed E-state index contributed by atoms with van der Waals surface area (Å²) in [6.07, 6.45) is 89.8. The second kappa shape index (κ2) is 76.9. The molecule has 1 aliphatic heterocycles. The number of benzene rings is 2. The molecule has 0 radical (unpaired) electrons. The number of aryl methyl sites for hydroxylation is 2. The van der Waals surface area contributed by atoms with Gasteiger partial charge in [0.15, 0.2) is 0 Å². The number of allylic oxidation sites excluding steroid dienone is 2. The molecule has 0 amide bonds. The SMILES string of the molecule is CCCCCCCCCCCCCCC#CC1=C(c2ccccc2CCC#CCCCCCCCCCCCCCCCCCCCCCCCCC)[N+](=[N-])C(c2ccccc2CCC#CCCCCCCCCCCCCCCCCCCCCCCCCC)=C1.[CH2-]C.[CH2-]C.[Ni+2]. The van der Waals surface area contributed by atoms with Gasteiger partial charge in [-0.05, 0) is 55.4 Å². The molecule has 0 N–H and O–H groups in total. The maximum Gasteiger partial charge on any atom is 2.00 e. The van der Waals surface area contributed by atoms with Crippen molar-refractivity contribution in [3.8, 4) is 35.5 Å². The van der Waals surface area contributed by atoms with Gasteiger partial charge in [-0.2, -0.15) is 13.8 Å². The van der Waals surface area contributed by atoms with Gasteiger partial charge in [-0.3, -0.25) is 0 Å². The van der Waals surface area contributed by atoms with Gasteiger partial charge in [-0.1, -0.05) is 422 Å². The predicted octanol–water partition coefficient (Wildman–Crippen LogP) is 31.9. The molecule has 0 saturated heterocycles. The Balaban J connectivity index is 0.0000181. The van der Waals surface area contributed by atoms with Crippen molar-refractivity contribution in [1.29, 1.82) is 0 Å². The summed E-state index contributed by atoms with van der Waals surface area (Å²) in [5.74, 6) is 21.3. The molecule has 0 saturated carbocycles. The fourth-order valence-electron chi connectivity index (χ4n) is 14.0. The van der Waals surface area contributed by atoms with E-state index in [1.54, 1.807) is 13.8 Å². The van der Waals surface area contributed by atoms with Crippen LogP contribution in [-0.2, 0) is 29.3 Å². The van der Waals surface area contributed by atoms with Crippen molar-refractivity contribution in [2.45, 2.75) is 452 Å². The molecule has 0 spiro atoms. The molecule has 0 unspecified atom stereocenters. The van der Waals surface area contributed by atoms with Crippen molar-refractivity contribution in [3.05, 3.63) is 102 Å². The minimum atomic E-state index is 0. The Hall–Kier alpha value is -3.31. The zero-order chi connectivity index (χ0) is 69.2. The standard InChI is InChI=1S/C90H148N2.2C2H5.Ni/c1-4-7-10-13-16-19-22-25-28-30-32-34-36-38-40-42-44-46-48-50-52-55-57-60-63-66-69-76-84-78-72-74-81-87(84)89-83-86(80-71-68-65-62-59-54-27-24-21-18-15-12-9-6-3)90(92(89)91)88-82-75-73-79-85(88)77-70-67-64-61-58-56-53-51-49-47-45-43-41-39-37-35-33-31-29-26-23-20-17-14-11-8-5-2;2*1-2;/h72-75,78-79,81-83H,4-62,65,68-70,76-77H2,1-3H3;2*1H2,2H3;/q;2*-1;+2. The molecule has 0 aliphatic carbocycles. The summed E-state index contributed by atoms with van der Waals surface area (Å²) >= 11 is 0. The third kappa shape index (κ3) is 56.0. The summed E-state index contributed by atoms with van der Waals surface area (Å²) in [6, 6.07) is 17.3. The first kappa shape index (κ1) is 93.7. The minimum Gasteiger partial charge on any atom is -0.493 e. The molecule has 0 bridgehead atoms. The molecule has 3 rings (SSSR count). The Bertz CT molecular complexity index is 2280. The second-order valence-electron chi connectivity index (χ2n) is 28.6. The summed E-state index contributed by atoms with van der Waals surface area (Å²) in [7, 11) is 0. The van der Waals surface area contributed by atoms with Gasteiger partial charge in [0, 0.05) is 43.7 Å². The summed E-state index contributed by atoms with van der Waals surface area (Å²) < 4.78 is 1.45. The van der Waals surface area contributed by atoms with E-state index in [4.69, 9.17) is 0 Å². The maximum absolute atomic E-state index is 12.3. The molecule has 2 aromatic carbocycles. The number of unbranched alkanes of at least 4 members (excludes halogenated alkanes) is 58. The van der Waals surface area contributed by atoms with Crippen molar-refractivity contribution in [3.63, 3.8) is 0 Å². The predicted molar refractivity (Wildman–Crippen MR) is 432 cm³/mol. The molecule has 97 heavy (non-hydrogen) atoms. The van der Waals surface area contributed by atoms with Crippen LogP contribution >= 0.6 is 0 Å². The molecule has 0 fully saturated rings. The molecular weight excluding hydrogens is 1220 g/mol. The van der Waals surface area contributed by atoms with E-state index >= 15 is 0 Å². The normalized spacial score (nSPS) is 11.6. The molecule has 3 heteroatoms. The van der Waals surface area contributed by atoms with Gasteiger partial charge in [-0.25, -0.2) is 4.70 Å². The maximum atomic E-state index is 12.3. The van der Waals surface area contributed by atoms with Crippen molar-refractivity contribution < 1.29 is 21.2 Å². The van der Waals surface area contributed by atoms with E-state index < -0.39 is 0 Å². The first-order valence-corrected chi connectivity index (χ1v) is 42.6. The average Bonchev–Trinajstić information content (AvgIpc) is 1.64. The van der Waals surface area contributed by atoms with E-state index in [1.807, 2.05) is 0 Å². The van der Waals surface area contributed by atoms with Gasteiger partial charge in [-0.15, -0.1) is 23.7 Å². The third-order valence-electron chi connectivity index (χ3n) is 20.0. The molecule has 1 aliphatic rings. The van der Waals surface area contributed by atoms with Crippen LogP contribution in [0.5, 0.6) is 0 Å². The number of rotatable bonds is 64. The molecule has 1 heterocycles. The van der Waals surface area contributed by atoms with E-state index in [2.05, 4.69) is 125 Å². The summed E-state index contributed by atoms with van der Waals surface area (Å²) in [5, 5.41) is 0. The number of nitrogens with zero attached hydrogens (tertiary/aromatic N) is 2. The Labute approximate surface area is 618 Å². The smallest absolute Gasteiger partial charge is 0.493 e. The largest absolute Gasteiger partial charge is 2.00 e. The average molecular weight is 1380 g/mol. The fourth-order valence-corrected chi connectivity index (χ4v) is 14.0. The number of hydrogen-bond acceptors (Lipinski definition) is 0. The van der Waals surface area contributed by atoms with Crippen molar-refractivity contribution in [2.24, 2.45) is 0 Å². The summed E-state index contributed by atoms with van der Waals surface area (Å²) in [6.45, 7) is 16.9. The molecule has 2 nitrogen and oxygen atoms in total. The van der Waals surface area contributed by atoms with Gasteiger partial charge in [0.2, 0.25) is 11.4 Å². The van der Waals surface area contributed by atoms with Crippen molar-refractivity contribution in [2.75, 3.05) is 0 Å². The van der Waals surface area contributed by atoms with Crippen molar-refractivity contribution >= 4 is 11.4 Å². The topological polar surface area (TPSA) is 25.3 Å². The van der Waals surface area contributed by atoms with E-state index in [0.29, 0.717) is 0 Å². The van der Waals surface area contributed by atoms with Gasteiger partial charge >= 0.3 is 16.5 Å². The van der Waals surface area contributed by atoms with E-state index in [1.165, 1.54) is 382 Å². The second-order valence-corrected chi connectivity index (χ2v) is 28.6. The fraction of sp³-hybridized carbons (Fsp3) is 0.745. The molecule has 0 aromatic heterocycles. The Morgan fingerprint density at radius 2 is 0.495 bits per heavy atom. The molecule has 2 aromatic rings. The van der Waals surface area contributed by atoms with E-state index in [-0.39, 0.29) is 16.5 Å². The third-order valence-corrected chi connectivity index (χ3v) is 20.0. The molecular formula is C94H158N2Ni. The number of hydrogen-bond donors (Lipinski definition) is 0. The van der Waals surface area contributed by atoms with Crippen molar-refractivity contribution in [1.82, 2.24) is 0 Å². The van der Waals surface area contributed by atoms with Crippen LogP contribution in [0.1, 0.15) is 461 Å². The quantitative estimate of drug-likeness (QED) is 0.0207. The van der Waals surface area contributed by atoms with Crippen LogP contribution in [0.4, 0.5) is 0 Å².